The lowest BCUT2D eigenvalue weighted by atomic mass is 9.87. The van der Waals surface area contributed by atoms with Gasteiger partial charge < -0.3 is 14.6 Å². The van der Waals surface area contributed by atoms with Gasteiger partial charge in [-0.05, 0) is 97.6 Å². The number of hydrogen-bond acceptors (Lipinski definition) is 5. The van der Waals surface area contributed by atoms with Crippen LogP contribution in [0.3, 0.4) is 0 Å². The summed E-state index contributed by atoms with van der Waals surface area (Å²) in [7, 11) is 0. The van der Waals surface area contributed by atoms with Crippen molar-refractivity contribution in [3.8, 4) is 11.4 Å². The normalized spacial score (nSPS) is 14.9. The van der Waals surface area contributed by atoms with Crippen LogP contribution < -0.4 is 10.1 Å². The maximum atomic E-state index is 13.0. The molecule has 0 saturated carbocycles. The first-order chi connectivity index (χ1) is 18.0. The van der Waals surface area contributed by atoms with Gasteiger partial charge in [-0.1, -0.05) is 32.9 Å². The minimum Gasteiger partial charge on any atom is -0.494 e. The highest BCUT2D eigenvalue weighted by atomic mass is 32.2. The van der Waals surface area contributed by atoms with E-state index < -0.39 is 17.1 Å². The van der Waals surface area contributed by atoms with Crippen LogP contribution in [0.2, 0.25) is 0 Å². The fourth-order valence-electron chi connectivity index (χ4n) is 4.36. The van der Waals surface area contributed by atoms with E-state index in [0.29, 0.717) is 22.9 Å². The van der Waals surface area contributed by atoms with E-state index in [0.717, 1.165) is 39.3 Å². The van der Waals surface area contributed by atoms with E-state index in [1.54, 1.807) is 30.3 Å². The molecule has 3 amide bonds. The van der Waals surface area contributed by atoms with Crippen molar-refractivity contribution in [2.45, 2.75) is 47.0 Å². The topological polar surface area (TPSA) is 80.6 Å². The minimum atomic E-state index is -0.471. The number of carbonyl (C=O) groups excluding carboxylic acids is 3. The fraction of sp³-hybridized carbons (Fsp3) is 0.300. The zero-order chi connectivity index (χ0) is 27.6. The first-order valence-corrected chi connectivity index (χ1v) is 13.4. The number of aromatic nitrogens is 1. The van der Waals surface area contributed by atoms with Gasteiger partial charge in [-0.15, -0.1) is 0 Å². The molecule has 1 saturated heterocycles. The van der Waals surface area contributed by atoms with Crippen LogP contribution in [0.25, 0.3) is 11.8 Å². The SMILES string of the molecule is CCOc1ccc(NC(=O)CN2C(=O)S/C(=C\c3cc(C)n(-c4ccc(C(C)(C)C)cc4)c3C)C2=O)cc1. The second kappa shape index (κ2) is 10.9. The van der Waals surface area contributed by atoms with E-state index >= 15 is 0 Å². The fourth-order valence-corrected chi connectivity index (χ4v) is 5.19. The number of imide groups is 1. The third-order valence-electron chi connectivity index (χ3n) is 6.37. The molecule has 2 heterocycles. The number of aryl methyl sites for hydroxylation is 1. The van der Waals surface area contributed by atoms with Gasteiger partial charge in [-0.25, -0.2) is 0 Å². The summed E-state index contributed by atoms with van der Waals surface area (Å²) in [6.07, 6.45) is 1.73. The standard InChI is InChI=1S/C30H33N3O4S/c1-7-37-25-14-10-23(11-15-25)31-27(34)18-32-28(35)26(38-29(32)36)17-21-16-19(2)33(20(21)3)24-12-8-22(9-13-24)30(4,5)6/h8-17H,7,18H2,1-6H3,(H,31,34)/b26-17-. The average Bonchev–Trinajstić information content (AvgIpc) is 3.28. The third kappa shape index (κ3) is 5.86. The first-order valence-electron chi connectivity index (χ1n) is 12.6. The van der Waals surface area contributed by atoms with E-state index in [1.165, 1.54) is 5.56 Å². The molecule has 1 aromatic heterocycles. The molecule has 1 aliphatic rings. The molecular weight excluding hydrogens is 498 g/mol. The van der Waals surface area contributed by atoms with Gasteiger partial charge in [0, 0.05) is 22.8 Å². The molecule has 4 rings (SSSR count). The highest BCUT2D eigenvalue weighted by Gasteiger charge is 2.36. The number of carbonyl (C=O) groups is 3. The van der Waals surface area contributed by atoms with Crippen molar-refractivity contribution in [3.05, 3.63) is 82.0 Å². The lowest BCUT2D eigenvalue weighted by Crippen LogP contribution is -2.36. The van der Waals surface area contributed by atoms with Gasteiger partial charge >= 0.3 is 0 Å². The van der Waals surface area contributed by atoms with Crippen LogP contribution in [0.15, 0.2) is 59.5 Å². The van der Waals surface area contributed by atoms with Crippen LogP contribution in [0, 0.1) is 13.8 Å². The Morgan fingerprint density at radius 3 is 2.29 bits per heavy atom. The molecule has 0 spiro atoms. The summed E-state index contributed by atoms with van der Waals surface area (Å²) in [5.74, 6) is -0.223. The molecule has 0 radical (unpaired) electrons. The van der Waals surface area contributed by atoms with Crippen molar-refractivity contribution < 1.29 is 19.1 Å². The second-order valence-electron chi connectivity index (χ2n) is 10.2. The molecule has 2 aromatic carbocycles. The molecule has 3 aromatic rings. The Balaban J connectivity index is 1.48. The van der Waals surface area contributed by atoms with Gasteiger partial charge in [-0.2, -0.15) is 0 Å². The number of rotatable bonds is 7. The number of amides is 3. The van der Waals surface area contributed by atoms with Crippen LogP contribution in [-0.4, -0.2) is 39.7 Å². The number of hydrogen-bond donors (Lipinski definition) is 1. The van der Waals surface area contributed by atoms with Crippen molar-refractivity contribution in [1.82, 2.24) is 9.47 Å². The molecule has 1 N–H and O–H groups in total. The maximum Gasteiger partial charge on any atom is 0.294 e. The van der Waals surface area contributed by atoms with Gasteiger partial charge in [0.2, 0.25) is 5.91 Å². The van der Waals surface area contributed by atoms with E-state index in [1.807, 2.05) is 26.8 Å². The molecule has 0 atom stereocenters. The van der Waals surface area contributed by atoms with Crippen molar-refractivity contribution in [1.29, 1.82) is 0 Å². The number of thioether (sulfide) groups is 1. The Bertz CT molecular complexity index is 1400. The van der Waals surface area contributed by atoms with E-state index in [9.17, 15) is 14.4 Å². The van der Waals surface area contributed by atoms with Crippen LogP contribution in [0.1, 0.15) is 50.2 Å². The van der Waals surface area contributed by atoms with Crippen LogP contribution in [-0.2, 0) is 15.0 Å². The smallest absolute Gasteiger partial charge is 0.294 e. The zero-order valence-corrected chi connectivity index (χ0v) is 23.4. The van der Waals surface area contributed by atoms with Crippen LogP contribution in [0.4, 0.5) is 10.5 Å². The summed E-state index contributed by atoms with van der Waals surface area (Å²) < 4.78 is 7.53. The molecule has 0 aliphatic carbocycles. The summed E-state index contributed by atoms with van der Waals surface area (Å²) in [5.41, 5.74) is 5.75. The molecule has 38 heavy (non-hydrogen) atoms. The Morgan fingerprint density at radius 2 is 1.68 bits per heavy atom. The molecule has 7 nitrogen and oxygen atoms in total. The molecular formula is C30H33N3O4S. The van der Waals surface area contributed by atoms with Crippen molar-refractivity contribution in [2.75, 3.05) is 18.5 Å². The molecule has 0 bridgehead atoms. The van der Waals surface area contributed by atoms with Gasteiger partial charge in [0.1, 0.15) is 12.3 Å². The summed E-state index contributed by atoms with van der Waals surface area (Å²) in [4.78, 5) is 39.5. The molecule has 1 aliphatic heterocycles. The lowest BCUT2D eigenvalue weighted by molar-refractivity contribution is -0.127. The number of nitrogens with zero attached hydrogens (tertiary/aromatic N) is 2. The van der Waals surface area contributed by atoms with E-state index in [4.69, 9.17) is 4.74 Å². The van der Waals surface area contributed by atoms with Crippen LogP contribution in [0.5, 0.6) is 5.75 Å². The van der Waals surface area contributed by atoms with Gasteiger partial charge in [0.25, 0.3) is 11.1 Å². The first kappa shape index (κ1) is 27.3. The van der Waals surface area contributed by atoms with Crippen molar-refractivity contribution >= 4 is 40.6 Å². The Morgan fingerprint density at radius 1 is 1.03 bits per heavy atom. The summed E-state index contributed by atoms with van der Waals surface area (Å²) in [6, 6.07) is 17.4. The maximum absolute atomic E-state index is 13.0. The number of benzene rings is 2. The van der Waals surface area contributed by atoms with Gasteiger partial charge in [0.15, 0.2) is 0 Å². The van der Waals surface area contributed by atoms with E-state index in [-0.39, 0.29) is 12.0 Å². The van der Waals surface area contributed by atoms with Crippen molar-refractivity contribution in [3.63, 3.8) is 0 Å². The highest BCUT2D eigenvalue weighted by molar-refractivity contribution is 8.18. The largest absolute Gasteiger partial charge is 0.494 e. The molecule has 198 valence electrons. The van der Waals surface area contributed by atoms with Gasteiger partial charge in [-0.3, -0.25) is 19.3 Å². The monoisotopic (exact) mass is 531 g/mol. The molecule has 1 fully saturated rings. The predicted octanol–water partition coefficient (Wildman–Crippen LogP) is 6.47. The number of nitrogens with one attached hydrogen (secondary N) is 1. The van der Waals surface area contributed by atoms with Gasteiger partial charge in [0.05, 0.1) is 11.5 Å². The minimum absolute atomic E-state index is 0.0679. The second-order valence-corrected chi connectivity index (χ2v) is 11.2. The van der Waals surface area contributed by atoms with E-state index in [2.05, 4.69) is 54.9 Å². The summed E-state index contributed by atoms with van der Waals surface area (Å²) >= 11 is 0.849. The Labute approximate surface area is 227 Å². The molecule has 8 heteroatoms. The number of ether oxygens (including phenoxy) is 1. The summed E-state index contributed by atoms with van der Waals surface area (Å²) in [6.45, 7) is 12.6. The zero-order valence-electron chi connectivity index (χ0n) is 22.6. The average molecular weight is 532 g/mol. The third-order valence-corrected chi connectivity index (χ3v) is 7.28. The van der Waals surface area contributed by atoms with Crippen LogP contribution >= 0.6 is 11.8 Å². The predicted molar refractivity (Wildman–Crippen MR) is 153 cm³/mol. The quantitative estimate of drug-likeness (QED) is 0.354. The van der Waals surface area contributed by atoms with Crippen molar-refractivity contribution in [2.24, 2.45) is 0 Å². The Kier molecular flexibility index (Phi) is 7.83. The molecule has 0 unspecified atom stereocenters. The Hall–Kier alpha value is -3.78. The number of anilines is 1. The lowest BCUT2D eigenvalue weighted by Gasteiger charge is -2.20. The summed E-state index contributed by atoms with van der Waals surface area (Å²) in [5, 5.41) is 2.26. The highest BCUT2D eigenvalue weighted by Crippen LogP contribution is 2.34.